The van der Waals surface area contributed by atoms with Crippen molar-refractivity contribution in [2.75, 3.05) is 31.4 Å². The fourth-order valence-electron chi connectivity index (χ4n) is 2.99. The molecule has 1 atom stereocenters. The van der Waals surface area contributed by atoms with E-state index in [0.29, 0.717) is 28.7 Å². The molecule has 0 saturated carbocycles. The van der Waals surface area contributed by atoms with Gasteiger partial charge in [0.25, 0.3) is 15.9 Å². The van der Waals surface area contributed by atoms with E-state index in [4.69, 9.17) is 18.9 Å². The fourth-order valence-corrected chi connectivity index (χ4v) is 4.05. The summed E-state index contributed by atoms with van der Waals surface area (Å²) in [6, 6.07) is 17.5. The van der Waals surface area contributed by atoms with Crippen LogP contribution in [0, 0.1) is 0 Å². The van der Waals surface area contributed by atoms with Gasteiger partial charge in [0.05, 0.1) is 31.9 Å². The molecule has 180 valence electrons. The minimum Gasteiger partial charge on any atom is -0.497 e. The van der Waals surface area contributed by atoms with Gasteiger partial charge < -0.3 is 24.3 Å². The molecule has 0 bridgehead atoms. The first-order valence-electron chi connectivity index (χ1n) is 10.2. The number of hydrogen-bond donors (Lipinski definition) is 2. The summed E-state index contributed by atoms with van der Waals surface area (Å²) in [5.74, 6) is 1.53. The molecular formula is C24H26N2O7S. The Kier molecular flexibility index (Phi) is 7.85. The van der Waals surface area contributed by atoms with E-state index in [-0.39, 0.29) is 10.6 Å². The number of carbonyl (C=O) groups is 1. The average molecular weight is 487 g/mol. The Morgan fingerprint density at radius 1 is 0.824 bits per heavy atom. The van der Waals surface area contributed by atoms with Gasteiger partial charge in [0.1, 0.15) is 23.0 Å². The minimum atomic E-state index is -3.91. The average Bonchev–Trinajstić information content (AvgIpc) is 2.84. The highest BCUT2D eigenvalue weighted by Crippen LogP contribution is 2.31. The van der Waals surface area contributed by atoms with E-state index in [1.54, 1.807) is 50.4 Å². The summed E-state index contributed by atoms with van der Waals surface area (Å²) in [7, 11) is 0.551. The molecule has 3 aromatic rings. The summed E-state index contributed by atoms with van der Waals surface area (Å²) in [6.07, 6.45) is -0.794. The normalized spacial score (nSPS) is 11.8. The Labute approximate surface area is 198 Å². The maximum Gasteiger partial charge on any atom is 0.265 e. The number of sulfonamides is 1. The van der Waals surface area contributed by atoms with E-state index < -0.39 is 22.0 Å². The molecular weight excluding hydrogens is 460 g/mol. The van der Waals surface area contributed by atoms with Crippen LogP contribution in [0.5, 0.6) is 23.0 Å². The SMILES string of the molecule is COc1cccc(O[C@H](C)C(=O)Nc2ccc(S(=O)(=O)Nc3cc(OC)ccc3OC)cc2)c1. The van der Waals surface area contributed by atoms with E-state index in [9.17, 15) is 13.2 Å². The maximum atomic E-state index is 12.8. The molecule has 3 rings (SSSR count). The number of carbonyl (C=O) groups excluding carboxylic acids is 1. The third-order valence-electron chi connectivity index (χ3n) is 4.81. The third kappa shape index (κ3) is 6.10. The van der Waals surface area contributed by atoms with Crippen molar-refractivity contribution in [2.24, 2.45) is 0 Å². The standard InChI is InChI=1S/C24H26N2O7S/c1-16(33-20-7-5-6-18(14-20)30-2)24(27)25-17-8-11-21(12-9-17)34(28,29)26-22-15-19(31-3)10-13-23(22)32-4/h5-16,26H,1-4H3,(H,25,27)/t16-/m1/s1. The lowest BCUT2D eigenvalue weighted by molar-refractivity contribution is -0.122. The number of hydrogen-bond acceptors (Lipinski definition) is 7. The zero-order valence-electron chi connectivity index (χ0n) is 19.2. The van der Waals surface area contributed by atoms with Crippen molar-refractivity contribution < 1.29 is 32.2 Å². The monoisotopic (exact) mass is 486 g/mol. The number of methoxy groups -OCH3 is 3. The fraction of sp³-hybridized carbons (Fsp3) is 0.208. The quantitative estimate of drug-likeness (QED) is 0.447. The van der Waals surface area contributed by atoms with Crippen molar-refractivity contribution in [1.82, 2.24) is 0 Å². The van der Waals surface area contributed by atoms with Gasteiger partial charge in [0.2, 0.25) is 0 Å². The van der Waals surface area contributed by atoms with Crippen LogP contribution in [0.2, 0.25) is 0 Å². The van der Waals surface area contributed by atoms with Crippen molar-refractivity contribution in [1.29, 1.82) is 0 Å². The van der Waals surface area contributed by atoms with Gasteiger partial charge in [0, 0.05) is 17.8 Å². The number of ether oxygens (including phenoxy) is 4. The summed E-state index contributed by atoms with van der Waals surface area (Å²) in [6.45, 7) is 1.61. The Bertz CT molecular complexity index is 1240. The summed E-state index contributed by atoms with van der Waals surface area (Å²) < 4.78 is 49.3. The Balaban J connectivity index is 1.67. The second-order valence-corrected chi connectivity index (χ2v) is 8.81. The van der Waals surface area contributed by atoms with Crippen LogP contribution >= 0.6 is 0 Å². The van der Waals surface area contributed by atoms with Gasteiger partial charge in [-0.25, -0.2) is 8.42 Å². The second-order valence-electron chi connectivity index (χ2n) is 7.12. The predicted octanol–water partition coefficient (Wildman–Crippen LogP) is 3.92. The van der Waals surface area contributed by atoms with E-state index in [1.807, 2.05) is 0 Å². The molecule has 0 saturated heterocycles. The van der Waals surface area contributed by atoms with E-state index in [1.165, 1.54) is 44.6 Å². The molecule has 2 N–H and O–H groups in total. The minimum absolute atomic E-state index is 0.0102. The van der Waals surface area contributed by atoms with Crippen LogP contribution in [0.1, 0.15) is 6.92 Å². The summed E-state index contributed by atoms with van der Waals surface area (Å²) >= 11 is 0. The lowest BCUT2D eigenvalue weighted by Crippen LogP contribution is -2.30. The Morgan fingerprint density at radius 2 is 1.47 bits per heavy atom. The molecule has 34 heavy (non-hydrogen) atoms. The molecule has 0 spiro atoms. The second kappa shape index (κ2) is 10.8. The largest absolute Gasteiger partial charge is 0.497 e. The van der Waals surface area contributed by atoms with Crippen LogP contribution in [0.15, 0.2) is 71.6 Å². The molecule has 9 nitrogen and oxygen atoms in total. The number of benzene rings is 3. The molecule has 3 aromatic carbocycles. The van der Waals surface area contributed by atoms with Crippen molar-refractivity contribution in [3.63, 3.8) is 0 Å². The van der Waals surface area contributed by atoms with Gasteiger partial charge >= 0.3 is 0 Å². The van der Waals surface area contributed by atoms with Crippen LogP contribution in [0.4, 0.5) is 11.4 Å². The van der Waals surface area contributed by atoms with Crippen LogP contribution in [-0.2, 0) is 14.8 Å². The van der Waals surface area contributed by atoms with Crippen LogP contribution in [-0.4, -0.2) is 41.8 Å². The molecule has 0 aliphatic heterocycles. The van der Waals surface area contributed by atoms with E-state index >= 15 is 0 Å². The molecule has 0 unspecified atom stereocenters. The van der Waals surface area contributed by atoms with Gasteiger partial charge in [0.15, 0.2) is 6.10 Å². The first kappa shape index (κ1) is 24.7. The van der Waals surface area contributed by atoms with E-state index in [2.05, 4.69) is 10.0 Å². The number of rotatable bonds is 10. The molecule has 0 aromatic heterocycles. The van der Waals surface area contributed by atoms with E-state index in [0.717, 1.165) is 0 Å². The highest BCUT2D eigenvalue weighted by Gasteiger charge is 2.19. The molecule has 0 aliphatic carbocycles. The summed E-state index contributed by atoms with van der Waals surface area (Å²) in [5, 5.41) is 2.71. The van der Waals surface area contributed by atoms with Crippen molar-refractivity contribution in [3.8, 4) is 23.0 Å². The van der Waals surface area contributed by atoms with Gasteiger partial charge in [-0.1, -0.05) is 6.07 Å². The Morgan fingerprint density at radius 3 is 2.12 bits per heavy atom. The van der Waals surface area contributed by atoms with Crippen molar-refractivity contribution >= 4 is 27.3 Å². The molecule has 0 heterocycles. The van der Waals surface area contributed by atoms with Gasteiger partial charge in [-0.2, -0.15) is 0 Å². The first-order chi connectivity index (χ1) is 16.2. The Hall–Kier alpha value is -3.92. The molecule has 10 heteroatoms. The van der Waals surface area contributed by atoms with Crippen molar-refractivity contribution in [3.05, 3.63) is 66.7 Å². The van der Waals surface area contributed by atoms with Gasteiger partial charge in [-0.3, -0.25) is 9.52 Å². The molecule has 0 fully saturated rings. The zero-order valence-corrected chi connectivity index (χ0v) is 20.0. The number of amides is 1. The first-order valence-corrected chi connectivity index (χ1v) is 11.7. The molecule has 0 radical (unpaired) electrons. The van der Waals surface area contributed by atoms with Gasteiger partial charge in [-0.05, 0) is 55.5 Å². The summed E-state index contributed by atoms with van der Waals surface area (Å²) in [5.41, 5.74) is 0.659. The van der Waals surface area contributed by atoms with Crippen LogP contribution in [0.25, 0.3) is 0 Å². The molecule has 1 amide bonds. The maximum absolute atomic E-state index is 12.8. The summed E-state index contributed by atoms with van der Waals surface area (Å²) in [4.78, 5) is 12.5. The molecule has 0 aliphatic rings. The third-order valence-corrected chi connectivity index (χ3v) is 6.19. The predicted molar refractivity (Wildman–Crippen MR) is 129 cm³/mol. The number of anilines is 2. The van der Waals surface area contributed by atoms with Crippen LogP contribution in [0.3, 0.4) is 0 Å². The van der Waals surface area contributed by atoms with Crippen molar-refractivity contribution in [2.45, 2.75) is 17.9 Å². The zero-order chi connectivity index (χ0) is 24.7. The number of nitrogens with one attached hydrogen (secondary N) is 2. The lowest BCUT2D eigenvalue weighted by atomic mass is 10.3. The highest BCUT2D eigenvalue weighted by molar-refractivity contribution is 7.92. The lowest BCUT2D eigenvalue weighted by Gasteiger charge is -2.16. The highest BCUT2D eigenvalue weighted by atomic mass is 32.2. The topological polar surface area (TPSA) is 112 Å². The smallest absolute Gasteiger partial charge is 0.265 e. The van der Waals surface area contributed by atoms with Crippen LogP contribution < -0.4 is 29.0 Å². The van der Waals surface area contributed by atoms with Gasteiger partial charge in [-0.15, -0.1) is 0 Å².